The topological polar surface area (TPSA) is 197 Å². The van der Waals surface area contributed by atoms with Crippen LogP contribution in [0.3, 0.4) is 0 Å². The van der Waals surface area contributed by atoms with Crippen LogP contribution in [0.4, 0.5) is 0 Å². The van der Waals surface area contributed by atoms with E-state index in [9.17, 15) is 29.4 Å². The third kappa shape index (κ3) is 16.2. The van der Waals surface area contributed by atoms with Gasteiger partial charge in [-0.05, 0) is 0 Å². The molecular weight excluding hydrogens is 512 g/mol. The zero-order valence-corrected chi connectivity index (χ0v) is 23.3. The second-order valence-electron chi connectivity index (χ2n) is 9.33. The molecule has 0 saturated heterocycles. The molecule has 0 aliphatic carbocycles. The van der Waals surface area contributed by atoms with Crippen molar-refractivity contribution in [3.05, 3.63) is 0 Å². The summed E-state index contributed by atoms with van der Waals surface area (Å²) in [5, 5.41) is 47.5. The Morgan fingerprint density at radius 3 is 1.19 bits per heavy atom. The van der Waals surface area contributed by atoms with Crippen LogP contribution in [0.1, 0.15) is 40.5 Å². The molecule has 0 aromatic rings. The van der Waals surface area contributed by atoms with Gasteiger partial charge in [0.25, 0.3) is 0 Å². The Morgan fingerprint density at radius 1 is 0.639 bits per heavy atom. The third-order valence-corrected chi connectivity index (χ3v) is 5.41. The number of nitrogens with one attached hydrogen (secondary N) is 4. The van der Waals surface area contributed by atoms with Gasteiger partial charge in [-0.25, -0.2) is 0 Å². The summed E-state index contributed by atoms with van der Waals surface area (Å²) < 4.78 is 0. The molecule has 8 N–H and O–H groups in total. The van der Waals surface area contributed by atoms with E-state index < -0.39 is 34.9 Å². The van der Waals surface area contributed by atoms with E-state index in [0.717, 1.165) is 0 Å². The molecule has 0 aromatic heterocycles. The van der Waals surface area contributed by atoms with Crippen LogP contribution in [0.15, 0.2) is 0 Å². The summed E-state index contributed by atoms with van der Waals surface area (Å²) in [4.78, 5) is 45.5. The van der Waals surface area contributed by atoms with Crippen molar-refractivity contribution in [3.8, 4) is 0 Å². The van der Waals surface area contributed by atoms with Crippen LogP contribution >= 0.6 is 25.3 Å². The summed E-state index contributed by atoms with van der Waals surface area (Å²) in [7, 11) is 0. The van der Waals surface area contributed by atoms with Crippen molar-refractivity contribution < 1.29 is 39.6 Å². The highest BCUT2D eigenvalue weighted by Gasteiger charge is 2.33. The lowest BCUT2D eigenvalue weighted by molar-refractivity contribution is -0.137. The first-order valence-electron chi connectivity index (χ1n) is 11.6. The molecule has 0 aliphatic heterocycles. The van der Waals surface area contributed by atoms with Crippen molar-refractivity contribution in [1.29, 1.82) is 0 Å². The first-order valence-corrected chi connectivity index (χ1v) is 12.8. The molecule has 0 spiro atoms. The molecule has 12 nitrogen and oxygen atoms in total. The predicted octanol–water partition coefficient (Wildman–Crippen LogP) is -2.16. The maximum atomic E-state index is 11.5. The average Bonchev–Trinajstić information content (AvgIpc) is 2.85. The largest absolute Gasteiger partial charge is 0.396 e. The quantitative estimate of drug-likeness (QED) is 0.0948. The summed E-state index contributed by atoms with van der Waals surface area (Å²) in [5.41, 5.74) is -1.81. The summed E-state index contributed by atoms with van der Waals surface area (Å²) in [6, 6.07) is 0. The first kappa shape index (κ1) is 36.6. The molecule has 0 aliphatic rings. The van der Waals surface area contributed by atoms with Gasteiger partial charge in [-0.15, -0.1) is 0 Å². The standard InChI is InChI=1S/2C11H22N2O4S/c2*1-11(2,7-14)9(16)10(17)13-4-3-8(15)12-5-6-18/h2*9,14,16,18H,3-7H2,1-2H3,(H,12,15)(H,13,17). The minimum absolute atomic E-state index is 0.145. The number of aliphatic hydroxyl groups excluding tert-OH is 4. The van der Waals surface area contributed by atoms with Crippen LogP contribution in [0.25, 0.3) is 0 Å². The van der Waals surface area contributed by atoms with Gasteiger partial charge in [0.2, 0.25) is 23.6 Å². The Bertz CT molecular complexity index is 624. The monoisotopic (exact) mass is 556 g/mol. The highest BCUT2D eigenvalue weighted by molar-refractivity contribution is 7.80. The van der Waals surface area contributed by atoms with Gasteiger partial charge in [0.05, 0.1) is 13.2 Å². The Morgan fingerprint density at radius 2 is 0.944 bits per heavy atom. The summed E-state index contributed by atoms with van der Waals surface area (Å²) in [6.45, 7) is 6.98. The molecule has 0 rings (SSSR count). The zero-order valence-electron chi connectivity index (χ0n) is 21.5. The van der Waals surface area contributed by atoms with E-state index in [1.165, 1.54) is 0 Å². The van der Waals surface area contributed by atoms with E-state index in [1.54, 1.807) is 27.7 Å². The maximum Gasteiger partial charge on any atom is 0.249 e. The summed E-state index contributed by atoms with van der Waals surface area (Å²) in [5.74, 6) is -0.421. The number of hydrogen-bond donors (Lipinski definition) is 10. The van der Waals surface area contributed by atoms with Crippen molar-refractivity contribution in [2.45, 2.75) is 52.7 Å². The van der Waals surface area contributed by atoms with E-state index in [0.29, 0.717) is 24.6 Å². The van der Waals surface area contributed by atoms with Gasteiger partial charge in [0.15, 0.2) is 0 Å². The average molecular weight is 557 g/mol. The molecule has 0 radical (unpaired) electrons. The number of thiol groups is 2. The van der Waals surface area contributed by atoms with Crippen LogP contribution in [-0.4, -0.2) is 107 Å². The maximum absolute atomic E-state index is 11.5. The number of amides is 4. The smallest absolute Gasteiger partial charge is 0.249 e. The molecule has 0 saturated carbocycles. The molecule has 0 bridgehead atoms. The minimum atomic E-state index is -1.30. The lowest BCUT2D eigenvalue weighted by Gasteiger charge is -2.27. The highest BCUT2D eigenvalue weighted by atomic mass is 32.1. The molecule has 36 heavy (non-hydrogen) atoms. The molecule has 2 unspecified atom stereocenters. The first-order chi connectivity index (χ1) is 16.7. The molecule has 0 aromatic carbocycles. The lowest BCUT2D eigenvalue weighted by Crippen LogP contribution is -2.46. The van der Waals surface area contributed by atoms with Crippen molar-refractivity contribution in [2.24, 2.45) is 10.8 Å². The Balaban J connectivity index is 0. The molecule has 14 heteroatoms. The number of hydrogen-bond acceptors (Lipinski definition) is 10. The molecule has 0 fully saturated rings. The van der Waals surface area contributed by atoms with E-state index in [1.807, 2.05) is 0 Å². The van der Waals surface area contributed by atoms with Crippen LogP contribution in [0, 0.1) is 10.8 Å². The van der Waals surface area contributed by atoms with Gasteiger partial charge in [0, 0.05) is 61.4 Å². The Kier molecular flexibility index (Phi) is 19.8. The summed E-state index contributed by atoms with van der Waals surface area (Å²) >= 11 is 7.89. The lowest BCUT2D eigenvalue weighted by atomic mass is 9.87. The number of carbonyl (C=O) groups excluding carboxylic acids is 4. The predicted molar refractivity (Wildman–Crippen MR) is 143 cm³/mol. The Labute approximate surface area is 224 Å². The van der Waals surface area contributed by atoms with Crippen LogP contribution in [0.2, 0.25) is 0 Å². The third-order valence-electron chi connectivity index (χ3n) is 4.96. The molecule has 0 heterocycles. The summed E-state index contributed by atoms with van der Waals surface area (Å²) in [6.07, 6.45) is -2.32. The van der Waals surface area contributed by atoms with E-state index >= 15 is 0 Å². The molecule has 2 atom stereocenters. The van der Waals surface area contributed by atoms with Crippen molar-refractivity contribution in [1.82, 2.24) is 21.3 Å². The minimum Gasteiger partial charge on any atom is -0.396 e. The van der Waals surface area contributed by atoms with Gasteiger partial charge < -0.3 is 41.7 Å². The van der Waals surface area contributed by atoms with Crippen molar-refractivity contribution in [3.63, 3.8) is 0 Å². The molecule has 212 valence electrons. The van der Waals surface area contributed by atoms with Crippen LogP contribution in [-0.2, 0) is 19.2 Å². The Hall–Kier alpha value is -1.58. The van der Waals surface area contributed by atoms with Crippen LogP contribution in [0.5, 0.6) is 0 Å². The fraction of sp³-hybridized carbons (Fsp3) is 0.818. The van der Waals surface area contributed by atoms with E-state index in [-0.39, 0.29) is 51.0 Å². The van der Waals surface area contributed by atoms with Gasteiger partial charge in [-0.2, -0.15) is 25.3 Å². The molecular formula is C22H44N4O8S2. The van der Waals surface area contributed by atoms with Gasteiger partial charge >= 0.3 is 0 Å². The second-order valence-corrected chi connectivity index (χ2v) is 10.2. The fourth-order valence-electron chi connectivity index (χ4n) is 2.24. The highest BCUT2D eigenvalue weighted by Crippen LogP contribution is 2.20. The van der Waals surface area contributed by atoms with Crippen LogP contribution < -0.4 is 21.3 Å². The second kappa shape index (κ2) is 19.5. The normalized spacial score (nSPS) is 12.9. The number of carbonyl (C=O) groups is 4. The van der Waals surface area contributed by atoms with Gasteiger partial charge in [0.1, 0.15) is 12.2 Å². The van der Waals surface area contributed by atoms with E-state index in [4.69, 9.17) is 10.2 Å². The molecule has 4 amide bonds. The van der Waals surface area contributed by atoms with Gasteiger partial charge in [-0.3, -0.25) is 19.2 Å². The van der Waals surface area contributed by atoms with E-state index in [2.05, 4.69) is 46.5 Å². The number of rotatable bonds is 16. The zero-order chi connectivity index (χ0) is 28.4. The SMILES string of the molecule is CC(C)(CO)C(O)C(=O)NCCC(=O)NCCS.CC(C)(CO)C(O)C(=O)NCCC(=O)NCCS. The fourth-order valence-corrected chi connectivity index (χ4v) is 2.47. The van der Waals surface area contributed by atoms with Gasteiger partial charge in [-0.1, -0.05) is 27.7 Å². The van der Waals surface area contributed by atoms with Crippen molar-refractivity contribution in [2.75, 3.05) is 50.9 Å². The number of aliphatic hydroxyl groups is 4. The van der Waals surface area contributed by atoms with Crippen molar-refractivity contribution >= 4 is 48.9 Å².